The van der Waals surface area contributed by atoms with Crippen LogP contribution in [-0.2, 0) is 16.1 Å². The minimum atomic E-state index is -4.57. The average molecular weight is 644 g/mol. The van der Waals surface area contributed by atoms with Crippen molar-refractivity contribution in [2.24, 2.45) is 0 Å². The van der Waals surface area contributed by atoms with Crippen molar-refractivity contribution in [1.82, 2.24) is 24.7 Å². The number of nitrogens with zero attached hydrogens (tertiary/aromatic N) is 5. The molecule has 0 N–H and O–H groups in total. The molecule has 0 saturated carbocycles. The van der Waals surface area contributed by atoms with Crippen LogP contribution in [0.5, 0.6) is 17.8 Å². The Labute approximate surface area is 267 Å². The zero-order chi connectivity index (χ0) is 32.7. The Morgan fingerprint density at radius 3 is 2.13 bits per heavy atom. The summed E-state index contributed by atoms with van der Waals surface area (Å²) in [5.41, 5.74) is 2.59. The van der Waals surface area contributed by atoms with Crippen molar-refractivity contribution in [1.29, 1.82) is 0 Å². The average Bonchev–Trinajstić information content (AvgIpc) is 3.07. The molecule has 2 aliphatic heterocycles. The van der Waals surface area contributed by atoms with E-state index in [-0.39, 0.29) is 48.2 Å². The fraction of sp³-hybridized carbons (Fsp3) is 0.485. The van der Waals surface area contributed by atoms with Crippen LogP contribution < -0.4 is 14.2 Å². The molecular weight excluding hydrogens is 603 g/mol. The van der Waals surface area contributed by atoms with E-state index in [2.05, 4.69) is 44.0 Å². The van der Waals surface area contributed by atoms with Gasteiger partial charge in [-0.05, 0) is 11.1 Å². The highest BCUT2D eigenvalue weighted by molar-refractivity contribution is 5.76. The lowest BCUT2D eigenvalue weighted by atomic mass is 9.81. The first-order chi connectivity index (χ1) is 22.2. The number of piperazine rings is 2. The quantitative estimate of drug-likeness (QED) is 0.291. The van der Waals surface area contributed by atoms with Gasteiger partial charge in [-0.15, -0.1) is 0 Å². The molecule has 5 rings (SSSR count). The second-order valence-corrected chi connectivity index (χ2v) is 11.4. The monoisotopic (exact) mass is 643 g/mol. The van der Waals surface area contributed by atoms with Crippen LogP contribution in [0.3, 0.4) is 0 Å². The van der Waals surface area contributed by atoms with Gasteiger partial charge in [-0.25, -0.2) is 0 Å². The number of carbonyl (C=O) groups excluding carboxylic acids is 1. The van der Waals surface area contributed by atoms with Crippen molar-refractivity contribution < 1.29 is 36.9 Å². The van der Waals surface area contributed by atoms with Crippen molar-refractivity contribution in [2.75, 3.05) is 67.3 Å². The lowest BCUT2D eigenvalue weighted by molar-refractivity contribution is -0.154. The SMILES string of the molecule is COCCC(=O)N1CCN2[C@H](CN(Cc3c(OC)nc(OC)nc3OCC(F)(F)F)C[C@H]2C(c2ccccc2)c2ccccc2)C1. The van der Waals surface area contributed by atoms with Crippen molar-refractivity contribution in [3.05, 3.63) is 77.4 Å². The van der Waals surface area contributed by atoms with Crippen molar-refractivity contribution >= 4 is 5.91 Å². The molecule has 1 amide bonds. The van der Waals surface area contributed by atoms with Gasteiger partial charge in [-0.1, -0.05) is 60.7 Å². The maximum absolute atomic E-state index is 13.2. The van der Waals surface area contributed by atoms with Gasteiger partial charge in [0.1, 0.15) is 0 Å². The number of amides is 1. The number of aromatic nitrogens is 2. The lowest BCUT2D eigenvalue weighted by Crippen LogP contribution is -2.67. The fourth-order valence-electron chi connectivity index (χ4n) is 6.48. The predicted octanol–water partition coefficient (Wildman–Crippen LogP) is 4.00. The summed E-state index contributed by atoms with van der Waals surface area (Å²) in [5.74, 6) is -0.155. The van der Waals surface area contributed by atoms with Gasteiger partial charge in [0.05, 0.1) is 32.8 Å². The third-order valence-corrected chi connectivity index (χ3v) is 8.48. The number of rotatable bonds is 12. The number of hydrogen-bond donors (Lipinski definition) is 0. The molecule has 0 spiro atoms. The van der Waals surface area contributed by atoms with Gasteiger partial charge in [0.15, 0.2) is 6.61 Å². The van der Waals surface area contributed by atoms with Crippen LogP contribution in [0.25, 0.3) is 0 Å². The second-order valence-electron chi connectivity index (χ2n) is 11.4. The Bertz CT molecular complexity index is 1390. The van der Waals surface area contributed by atoms with Crippen LogP contribution >= 0.6 is 0 Å². The van der Waals surface area contributed by atoms with E-state index >= 15 is 0 Å². The highest BCUT2D eigenvalue weighted by atomic mass is 19.4. The summed E-state index contributed by atoms with van der Waals surface area (Å²) in [6.07, 6.45) is -4.27. The van der Waals surface area contributed by atoms with E-state index in [1.165, 1.54) is 14.2 Å². The topological polar surface area (TPSA) is 89.5 Å². The van der Waals surface area contributed by atoms with Crippen molar-refractivity contribution in [3.63, 3.8) is 0 Å². The second kappa shape index (κ2) is 15.1. The zero-order valence-corrected chi connectivity index (χ0v) is 26.3. The Balaban J connectivity index is 1.52. The van der Waals surface area contributed by atoms with E-state index in [1.54, 1.807) is 7.11 Å². The number of methoxy groups -OCH3 is 3. The van der Waals surface area contributed by atoms with Gasteiger partial charge >= 0.3 is 12.2 Å². The first-order valence-corrected chi connectivity index (χ1v) is 15.2. The van der Waals surface area contributed by atoms with Crippen LogP contribution in [0, 0.1) is 0 Å². The minimum Gasteiger partial charge on any atom is -0.481 e. The van der Waals surface area contributed by atoms with Gasteiger partial charge < -0.3 is 23.8 Å². The standard InChI is InChI=1S/C33H40F3N5O5/c1-43-17-14-28(42)40-15-16-41-25(19-40)18-39(20-26-30(44-2)37-32(45-3)38-31(26)46-22-33(34,35)36)21-27(41)29(23-10-6-4-7-11-23)24-12-8-5-9-13-24/h4-13,25,27,29H,14-22H2,1-3H3/t25-,27+/m1/s1. The van der Waals surface area contributed by atoms with E-state index in [9.17, 15) is 18.0 Å². The molecule has 2 atom stereocenters. The van der Waals surface area contributed by atoms with Gasteiger partial charge in [0.25, 0.3) is 0 Å². The normalized spacial score (nSPS) is 19.2. The molecule has 2 aliphatic rings. The number of hydrogen-bond acceptors (Lipinski definition) is 9. The zero-order valence-electron chi connectivity index (χ0n) is 26.3. The van der Waals surface area contributed by atoms with Crippen LogP contribution in [0.2, 0.25) is 0 Å². The molecule has 0 unspecified atom stereocenters. The first-order valence-electron chi connectivity index (χ1n) is 15.2. The molecule has 2 saturated heterocycles. The van der Waals surface area contributed by atoms with E-state index in [0.29, 0.717) is 51.3 Å². The highest BCUT2D eigenvalue weighted by Gasteiger charge is 2.43. The number of halogens is 3. The summed E-state index contributed by atoms with van der Waals surface area (Å²) in [7, 11) is 4.29. The van der Waals surface area contributed by atoms with Crippen LogP contribution in [-0.4, -0.2) is 116 Å². The maximum atomic E-state index is 13.2. The molecule has 2 fully saturated rings. The van der Waals surface area contributed by atoms with Gasteiger partial charge in [0, 0.05) is 64.4 Å². The number of fused-ring (bicyclic) bond motifs is 1. The fourth-order valence-corrected chi connectivity index (χ4v) is 6.48. The molecule has 3 aromatic rings. The van der Waals surface area contributed by atoms with Gasteiger partial charge in [-0.2, -0.15) is 23.1 Å². The Hall–Kier alpha value is -3.94. The number of alkyl halides is 3. The highest BCUT2D eigenvalue weighted by Crippen LogP contribution is 2.38. The molecule has 13 heteroatoms. The lowest BCUT2D eigenvalue weighted by Gasteiger charge is -2.53. The Morgan fingerprint density at radius 1 is 0.891 bits per heavy atom. The molecule has 10 nitrogen and oxygen atoms in total. The minimum absolute atomic E-state index is 0.0154. The molecule has 0 radical (unpaired) electrons. The van der Waals surface area contributed by atoms with E-state index < -0.39 is 12.8 Å². The number of benzene rings is 2. The third kappa shape index (κ3) is 8.06. The first kappa shape index (κ1) is 33.4. The Morgan fingerprint density at radius 2 is 1.54 bits per heavy atom. The summed E-state index contributed by atoms with van der Waals surface area (Å²) < 4.78 is 60.7. The van der Waals surface area contributed by atoms with Crippen molar-refractivity contribution in [2.45, 2.75) is 37.1 Å². The molecule has 2 aromatic carbocycles. The summed E-state index contributed by atoms with van der Waals surface area (Å²) in [6, 6.07) is 20.4. The van der Waals surface area contributed by atoms with Crippen molar-refractivity contribution in [3.8, 4) is 17.8 Å². The molecule has 1 aromatic heterocycles. The predicted molar refractivity (Wildman–Crippen MR) is 164 cm³/mol. The summed E-state index contributed by atoms with van der Waals surface area (Å²) in [5, 5.41) is 0. The Kier molecular flexibility index (Phi) is 11.0. The maximum Gasteiger partial charge on any atom is 0.422 e. The van der Waals surface area contributed by atoms with Crippen LogP contribution in [0.4, 0.5) is 13.2 Å². The van der Waals surface area contributed by atoms with E-state index in [4.69, 9.17) is 18.9 Å². The van der Waals surface area contributed by atoms with E-state index in [0.717, 1.165) is 11.1 Å². The molecule has 0 aliphatic carbocycles. The molecular formula is C33H40F3N5O5. The molecule has 248 valence electrons. The smallest absolute Gasteiger partial charge is 0.422 e. The number of carbonyl (C=O) groups is 1. The third-order valence-electron chi connectivity index (χ3n) is 8.48. The molecule has 46 heavy (non-hydrogen) atoms. The largest absolute Gasteiger partial charge is 0.481 e. The molecule has 3 heterocycles. The van der Waals surface area contributed by atoms with Gasteiger partial charge in [-0.3, -0.25) is 14.6 Å². The van der Waals surface area contributed by atoms with Gasteiger partial charge in [0.2, 0.25) is 17.7 Å². The summed E-state index contributed by atoms with van der Waals surface area (Å²) >= 11 is 0. The molecule has 0 bridgehead atoms. The van der Waals surface area contributed by atoms with Crippen LogP contribution in [0.1, 0.15) is 29.0 Å². The summed E-state index contributed by atoms with van der Waals surface area (Å²) in [4.78, 5) is 28.0. The summed E-state index contributed by atoms with van der Waals surface area (Å²) in [6.45, 7) is 1.92. The van der Waals surface area contributed by atoms with Crippen LogP contribution in [0.15, 0.2) is 60.7 Å². The number of ether oxygens (including phenoxy) is 4. The van der Waals surface area contributed by atoms with E-state index in [1.807, 2.05) is 41.3 Å².